The van der Waals surface area contributed by atoms with Crippen LogP contribution in [0.4, 0.5) is 5.69 Å². The van der Waals surface area contributed by atoms with Crippen LogP contribution in [0.15, 0.2) is 42.5 Å². The molecule has 1 fully saturated rings. The van der Waals surface area contributed by atoms with Crippen LogP contribution >= 0.6 is 0 Å². The molecule has 1 aliphatic carbocycles. The summed E-state index contributed by atoms with van der Waals surface area (Å²) in [7, 11) is 0. The smallest absolute Gasteiger partial charge is 0.0541 e. The molecule has 0 saturated heterocycles. The number of hydrogen-bond acceptors (Lipinski definition) is 2. The molecule has 2 aromatic carbocycles. The van der Waals surface area contributed by atoms with Crippen molar-refractivity contribution in [2.24, 2.45) is 0 Å². The lowest BCUT2D eigenvalue weighted by atomic mass is 9.91. The Morgan fingerprint density at radius 1 is 1.00 bits per heavy atom. The van der Waals surface area contributed by atoms with Crippen LogP contribution in [0.3, 0.4) is 0 Å². The number of rotatable bonds is 3. The fraction of sp³-hybridized carbons (Fsp3) is 0.444. The van der Waals surface area contributed by atoms with E-state index in [0.717, 1.165) is 32.2 Å². The van der Waals surface area contributed by atoms with E-state index in [2.05, 4.69) is 54.3 Å². The molecule has 2 aromatic rings. The van der Waals surface area contributed by atoms with Crippen molar-refractivity contribution >= 4 is 16.5 Å². The summed E-state index contributed by atoms with van der Waals surface area (Å²) in [5.74, 6) is 0. The first-order valence-electron chi connectivity index (χ1n) is 7.72. The van der Waals surface area contributed by atoms with Crippen molar-refractivity contribution in [1.82, 2.24) is 0 Å². The van der Waals surface area contributed by atoms with E-state index in [-0.39, 0.29) is 6.10 Å². The van der Waals surface area contributed by atoms with Gasteiger partial charge in [0.2, 0.25) is 0 Å². The minimum atomic E-state index is -0.0857. The van der Waals surface area contributed by atoms with Gasteiger partial charge in [-0.05, 0) is 44.1 Å². The average molecular weight is 269 g/mol. The molecular weight excluding hydrogens is 246 g/mol. The maximum atomic E-state index is 9.71. The molecule has 3 rings (SSSR count). The molecular formula is C18H23NO. The number of hydrogen-bond donors (Lipinski definition) is 1. The average Bonchev–Trinajstić information content (AvgIpc) is 2.50. The summed E-state index contributed by atoms with van der Waals surface area (Å²) in [6, 6.07) is 15.7. The van der Waals surface area contributed by atoms with Gasteiger partial charge < -0.3 is 10.0 Å². The molecule has 0 heterocycles. The van der Waals surface area contributed by atoms with Gasteiger partial charge in [-0.3, -0.25) is 0 Å². The topological polar surface area (TPSA) is 23.5 Å². The standard InChI is InChI=1S/C18H23NO/c1-2-19(15-10-12-16(20)13-11-15)18-9-5-7-14-6-3-4-8-17(14)18/h3-9,15-16,20H,2,10-13H2,1H3. The third-order valence-electron chi connectivity index (χ3n) is 4.52. The maximum absolute atomic E-state index is 9.71. The Hall–Kier alpha value is -1.54. The molecule has 0 amide bonds. The van der Waals surface area contributed by atoms with Crippen molar-refractivity contribution in [3.63, 3.8) is 0 Å². The van der Waals surface area contributed by atoms with Crippen LogP contribution in [0.1, 0.15) is 32.6 Å². The van der Waals surface area contributed by atoms with Gasteiger partial charge in [-0.25, -0.2) is 0 Å². The fourth-order valence-electron chi connectivity index (χ4n) is 3.45. The van der Waals surface area contributed by atoms with Crippen molar-refractivity contribution in [2.45, 2.75) is 44.8 Å². The van der Waals surface area contributed by atoms with Gasteiger partial charge in [-0.1, -0.05) is 36.4 Å². The first-order chi connectivity index (χ1) is 9.79. The quantitative estimate of drug-likeness (QED) is 0.911. The Bertz CT molecular complexity index is 567. The summed E-state index contributed by atoms with van der Waals surface area (Å²) in [5.41, 5.74) is 1.34. The normalized spacial score (nSPS) is 22.9. The molecule has 0 atom stereocenters. The Balaban J connectivity index is 1.95. The highest BCUT2D eigenvalue weighted by molar-refractivity contribution is 5.94. The molecule has 20 heavy (non-hydrogen) atoms. The molecule has 0 radical (unpaired) electrons. The molecule has 0 aromatic heterocycles. The minimum absolute atomic E-state index is 0.0857. The molecule has 106 valence electrons. The third-order valence-corrected chi connectivity index (χ3v) is 4.52. The van der Waals surface area contributed by atoms with Gasteiger partial charge in [0.25, 0.3) is 0 Å². The Kier molecular flexibility index (Phi) is 3.93. The fourth-order valence-corrected chi connectivity index (χ4v) is 3.45. The van der Waals surface area contributed by atoms with Gasteiger partial charge in [0.1, 0.15) is 0 Å². The Morgan fingerprint density at radius 3 is 2.45 bits per heavy atom. The van der Waals surface area contributed by atoms with Crippen LogP contribution in [0, 0.1) is 0 Å². The molecule has 2 heteroatoms. The summed E-state index contributed by atoms with van der Waals surface area (Å²) < 4.78 is 0. The molecule has 2 nitrogen and oxygen atoms in total. The SMILES string of the molecule is CCN(c1cccc2ccccc12)C1CCC(O)CC1. The second kappa shape index (κ2) is 5.84. The summed E-state index contributed by atoms with van der Waals surface area (Å²) in [5, 5.41) is 12.3. The van der Waals surface area contributed by atoms with Crippen molar-refractivity contribution < 1.29 is 5.11 Å². The molecule has 1 saturated carbocycles. The van der Waals surface area contributed by atoms with Crippen molar-refractivity contribution in [1.29, 1.82) is 0 Å². The van der Waals surface area contributed by atoms with E-state index in [4.69, 9.17) is 0 Å². The number of benzene rings is 2. The van der Waals surface area contributed by atoms with Gasteiger partial charge in [0, 0.05) is 23.7 Å². The summed E-state index contributed by atoms with van der Waals surface area (Å²) in [4.78, 5) is 2.52. The molecule has 0 aliphatic heterocycles. The number of aliphatic hydroxyl groups excluding tert-OH is 1. The number of nitrogens with zero attached hydrogens (tertiary/aromatic N) is 1. The minimum Gasteiger partial charge on any atom is -0.393 e. The summed E-state index contributed by atoms with van der Waals surface area (Å²) in [6.45, 7) is 3.25. The zero-order valence-corrected chi connectivity index (χ0v) is 12.1. The number of fused-ring (bicyclic) bond motifs is 1. The van der Waals surface area contributed by atoms with Gasteiger partial charge in [0.15, 0.2) is 0 Å². The van der Waals surface area contributed by atoms with Crippen LogP contribution in [-0.2, 0) is 0 Å². The highest BCUT2D eigenvalue weighted by atomic mass is 16.3. The maximum Gasteiger partial charge on any atom is 0.0541 e. The number of anilines is 1. The predicted molar refractivity (Wildman–Crippen MR) is 85.2 cm³/mol. The van der Waals surface area contributed by atoms with E-state index < -0.39 is 0 Å². The van der Waals surface area contributed by atoms with Crippen LogP contribution in [0.5, 0.6) is 0 Å². The molecule has 0 bridgehead atoms. The van der Waals surface area contributed by atoms with Crippen molar-refractivity contribution in [3.8, 4) is 0 Å². The van der Waals surface area contributed by atoms with Crippen LogP contribution < -0.4 is 4.90 Å². The molecule has 0 spiro atoms. The lowest BCUT2D eigenvalue weighted by molar-refractivity contribution is 0.122. The highest BCUT2D eigenvalue weighted by Crippen LogP contribution is 2.32. The first kappa shape index (κ1) is 13.4. The molecule has 1 aliphatic rings. The first-order valence-corrected chi connectivity index (χ1v) is 7.72. The second-order valence-electron chi connectivity index (χ2n) is 5.75. The van der Waals surface area contributed by atoms with Gasteiger partial charge in [-0.15, -0.1) is 0 Å². The van der Waals surface area contributed by atoms with Crippen molar-refractivity contribution in [2.75, 3.05) is 11.4 Å². The third kappa shape index (κ3) is 2.53. The lowest BCUT2D eigenvalue weighted by Gasteiger charge is -2.37. The lowest BCUT2D eigenvalue weighted by Crippen LogP contribution is -2.39. The van der Waals surface area contributed by atoms with Gasteiger partial charge in [0.05, 0.1) is 6.10 Å². The van der Waals surface area contributed by atoms with E-state index in [0.29, 0.717) is 6.04 Å². The largest absolute Gasteiger partial charge is 0.393 e. The summed E-state index contributed by atoms with van der Waals surface area (Å²) >= 11 is 0. The van der Waals surface area contributed by atoms with E-state index in [1.165, 1.54) is 16.5 Å². The van der Waals surface area contributed by atoms with Gasteiger partial charge >= 0.3 is 0 Å². The Labute approximate surface area is 121 Å². The van der Waals surface area contributed by atoms with E-state index in [1.54, 1.807) is 0 Å². The second-order valence-corrected chi connectivity index (χ2v) is 5.75. The van der Waals surface area contributed by atoms with E-state index in [9.17, 15) is 5.11 Å². The van der Waals surface area contributed by atoms with Gasteiger partial charge in [-0.2, -0.15) is 0 Å². The molecule has 1 N–H and O–H groups in total. The van der Waals surface area contributed by atoms with E-state index >= 15 is 0 Å². The summed E-state index contributed by atoms with van der Waals surface area (Å²) in [6.07, 6.45) is 3.98. The van der Waals surface area contributed by atoms with Crippen LogP contribution in [0.25, 0.3) is 10.8 Å². The zero-order valence-electron chi connectivity index (χ0n) is 12.1. The zero-order chi connectivity index (χ0) is 13.9. The van der Waals surface area contributed by atoms with Crippen LogP contribution in [0.2, 0.25) is 0 Å². The van der Waals surface area contributed by atoms with E-state index in [1.807, 2.05) is 0 Å². The Morgan fingerprint density at radius 2 is 1.70 bits per heavy atom. The van der Waals surface area contributed by atoms with Crippen LogP contribution in [-0.4, -0.2) is 23.8 Å². The number of aliphatic hydroxyl groups is 1. The highest BCUT2D eigenvalue weighted by Gasteiger charge is 2.24. The van der Waals surface area contributed by atoms with Crippen molar-refractivity contribution in [3.05, 3.63) is 42.5 Å². The predicted octanol–water partition coefficient (Wildman–Crippen LogP) is 3.97. The monoisotopic (exact) mass is 269 g/mol. The molecule has 0 unspecified atom stereocenters.